The van der Waals surface area contributed by atoms with Gasteiger partial charge in [0.1, 0.15) is 17.1 Å². The van der Waals surface area contributed by atoms with Gasteiger partial charge in [-0.1, -0.05) is 0 Å². The lowest BCUT2D eigenvalue weighted by molar-refractivity contribution is -0.122. The second-order valence-corrected chi connectivity index (χ2v) is 8.31. The monoisotopic (exact) mass is 549 g/mol. The van der Waals surface area contributed by atoms with Gasteiger partial charge < -0.3 is 23.9 Å². The molecule has 1 N–H and O–H groups in total. The Balaban J connectivity index is 1.59. The molecule has 0 spiro atoms. The smallest absolute Gasteiger partial charge is 0.265 e. The molecule has 3 aromatic carbocycles. The van der Waals surface area contributed by atoms with Crippen molar-refractivity contribution in [2.45, 2.75) is 20.0 Å². The second-order valence-electron chi connectivity index (χ2n) is 8.31. The first kappa shape index (κ1) is 27.4. The van der Waals surface area contributed by atoms with Crippen LogP contribution < -0.4 is 19.5 Å². The summed E-state index contributed by atoms with van der Waals surface area (Å²) < 4.78 is 89.0. The summed E-state index contributed by atoms with van der Waals surface area (Å²) in [6.07, 6.45) is -1.66. The fourth-order valence-electron chi connectivity index (χ4n) is 3.79. The Morgan fingerprint density at radius 3 is 2.13 bits per heavy atom. The van der Waals surface area contributed by atoms with E-state index in [2.05, 4.69) is 5.32 Å². The van der Waals surface area contributed by atoms with Crippen molar-refractivity contribution < 1.29 is 50.2 Å². The molecule has 12 heteroatoms. The lowest BCUT2D eigenvalue weighted by Crippen LogP contribution is -2.31. The number of aryl methyl sites for hydroxylation is 1. The van der Waals surface area contributed by atoms with E-state index in [0.29, 0.717) is 28.0 Å². The van der Waals surface area contributed by atoms with Crippen LogP contribution in [0.3, 0.4) is 0 Å². The topological polar surface area (TPSA) is 87.0 Å². The van der Waals surface area contributed by atoms with Gasteiger partial charge in [-0.3, -0.25) is 9.59 Å². The summed E-state index contributed by atoms with van der Waals surface area (Å²) in [4.78, 5) is 25.9. The van der Waals surface area contributed by atoms with Crippen molar-refractivity contribution in [1.29, 1.82) is 0 Å². The number of hydrogen-bond donors (Lipinski definition) is 1. The van der Waals surface area contributed by atoms with Gasteiger partial charge in [-0.15, -0.1) is 0 Å². The number of furan rings is 1. The molecule has 1 unspecified atom stereocenters. The second kappa shape index (κ2) is 10.6. The highest BCUT2D eigenvalue weighted by Gasteiger charge is 2.30. The van der Waals surface area contributed by atoms with E-state index in [0.717, 1.165) is 6.92 Å². The van der Waals surface area contributed by atoms with Crippen LogP contribution in [0, 0.1) is 36.0 Å². The van der Waals surface area contributed by atoms with Crippen LogP contribution in [0.5, 0.6) is 17.2 Å². The van der Waals surface area contributed by atoms with Crippen LogP contribution in [-0.4, -0.2) is 32.0 Å². The third kappa shape index (κ3) is 4.97. The predicted octanol–water partition coefficient (Wildman–Crippen LogP) is 6.09. The Labute approximate surface area is 218 Å². The molecule has 0 radical (unpaired) electrons. The van der Waals surface area contributed by atoms with Crippen molar-refractivity contribution in [3.63, 3.8) is 0 Å². The zero-order valence-corrected chi connectivity index (χ0v) is 20.9. The molecular formula is C27H20F5NO6. The van der Waals surface area contributed by atoms with Gasteiger partial charge in [0.2, 0.25) is 34.9 Å². The minimum Gasteiger partial charge on any atom is -0.497 e. The average Bonchev–Trinajstić information content (AvgIpc) is 3.27. The zero-order chi connectivity index (χ0) is 28.6. The van der Waals surface area contributed by atoms with Gasteiger partial charge in [-0.25, -0.2) is 13.2 Å². The number of halogens is 5. The lowest BCUT2D eigenvalue weighted by atomic mass is 10.0. The summed E-state index contributed by atoms with van der Waals surface area (Å²) in [6, 6.07) is 9.10. The normalized spacial score (nSPS) is 11.8. The molecule has 1 aromatic heterocycles. The first-order chi connectivity index (χ1) is 18.5. The zero-order valence-electron chi connectivity index (χ0n) is 20.9. The van der Waals surface area contributed by atoms with Crippen LogP contribution in [0.4, 0.5) is 27.6 Å². The van der Waals surface area contributed by atoms with E-state index in [1.165, 1.54) is 38.5 Å². The highest BCUT2D eigenvalue weighted by molar-refractivity contribution is 6.12. The fourth-order valence-corrected chi connectivity index (χ4v) is 3.79. The number of fused-ring (bicyclic) bond motifs is 1. The van der Waals surface area contributed by atoms with Crippen molar-refractivity contribution in [2.24, 2.45) is 0 Å². The Morgan fingerprint density at radius 2 is 1.51 bits per heavy atom. The van der Waals surface area contributed by atoms with Crippen LogP contribution in [-0.2, 0) is 4.79 Å². The highest BCUT2D eigenvalue weighted by atomic mass is 19.2. The quantitative estimate of drug-likeness (QED) is 0.124. The number of nitrogens with one attached hydrogen (secondary N) is 1. The fraction of sp³-hybridized carbons (Fsp3) is 0.185. The molecular weight excluding hydrogens is 529 g/mol. The summed E-state index contributed by atoms with van der Waals surface area (Å²) >= 11 is 0. The number of carbonyl (C=O) groups is 2. The first-order valence-corrected chi connectivity index (χ1v) is 11.3. The van der Waals surface area contributed by atoms with Crippen molar-refractivity contribution in [2.75, 3.05) is 19.5 Å². The molecule has 4 aromatic rings. The van der Waals surface area contributed by atoms with E-state index < -0.39 is 52.6 Å². The predicted molar refractivity (Wildman–Crippen MR) is 129 cm³/mol. The summed E-state index contributed by atoms with van der Waals surface area (Å²) in [5, 5.41) is 2.90. The van der Waals surface area contributed by atoms with Crippen molar-refractivity contribution >= 4 is 28.3 Å². The number of rotatable bonds is 8. The molecule has 0 aliphatic carbocycles. The van der Waals surface area contributed by atoms with E-state index in [1.54, 1.807) is 19.1 Å². The molecule has 0 saturated heterocycles. The molecule has 7 nitrogen and oxygen atoms in total. The maximum atomic E-state index is 13.9. The molecule has 4 rings (SSSR count). The third-order valence-electron chi connectivity index (χ3n) is 5.89. The molecule has 0 bridgehead atoms. The Bertz CT molecular complexity index is 1590. The van der Waals surface area contributed by atoms with Gasteiger partial charge in [0.15, 0.2) is 17.6 Å². The van der Waals surface area contributed by atoms with Gasteiger partial charge >= 0.3 is 0 Å². The van der Waals surface area contributed by atoms with Gasteiger partial charge in [-0.2, -0.15) is 8.78 Å². The van der Waals surface area contributed by atoms with Gasteiger partial charge in [-0.05, 0) is 50.2 Å². The minimum absolute atomic E-state index is 0.0167. The van der Waals surface area contributed by atoms with Gasteiger partial charge in [0, 0.05) is 16.6 Å². The van der Waals surface area contributed by atoms with E-state index >= 15 is 0 Å². The molecule has 0 aliphatic rings. The number of benzene rings is 3. The van der Waals surface area contributed by atoms with E-state index in [1.807, 2.05) is 0 Å². The number of amides is 1. The number of methoxy groups -OCH3 is 2. The van der Waals surface area contributed by atoms with Gasteiger partial charge in [0.05, 0.1) is 19.8 Å². The first-order valence-electron chi connectivity index (χ1n) is 11.3. The third-order valence-corrected chi connectivity index (χ3v) is 5.89. The summed E-state index contributed by atoms with van der Waals surface area (Å²) in [7, 11) is 2.86. The summed E-state index contributed by atoms with van der Waals surface area (Å²) in [6.45, 7) is 2.69. The molecule has 0 saturated carbocycles. The van der Waals surface area contributed by atoms with Gasteiger partial charge in [0.25, 0.3) is 5.91 Å². The molecule has 1 amide bonds. The van der Waals surface area contributed by atoms with Crippen LogP contribution in [0.1, 0.15) is 28.6 Å². The van der Waals surface area contributed by atoms with E-state index in [-0.39, 0.29) is 17.0 Å². The van der Waals surface area contributed by atoms with Crippen LogP contribution >= 0.6 is 0 Å². The lowest BCUT2D eigenvalue weighted by Gasteiger charge is -2.16. The highest BCUT2D eigenvalue weighted by Crippen LogP contribution is 2.33. The van der Waals surface area contributed by atoms with E-state index in [9.17, 15) is 31.5 Å². The number of carbonyl (C=O) groups excluding carboxylic acids is 2. The Morgan fingerprint density at radius 1 is 0.872 bits per heavy atom. The minimum atomic E-state index is -2.35. The number of hydrogen-bond acceptors (Lipinski definition) is 6. The SMILES string of the molecule is COc1ccc(OC)c(C(=O)c2oc3ccc(NC(=O)C(C)Oc4c(F)c(F)c(F)c(F)c4F)cc3c2C)c1. The van der Waals surface area contributed by atoms with E-state index in [4.69, 9.17) is 18.6 Å². The van der Waals surface area contributed by atoms with Crippen LogP contribution in [0.25, 0.3) is 11.0 Å². The maximum absolute atomic E-state index is 13.9. The summed E-state index contributed by atoms with van der Waals surface area (Å²) in [5.41, 5.74) is 1.15. The largest absolute Gasteiger partial charge is 0.497 e. The molecule has 204 valence electrons. The average molecular weight is 549 g/mol. The molecule has 0 fully saturated rings. The molecule has 1 atom stereocenters. The standard InChI is InChI=1S/C27H20F5NO6/c1-11-15-9-13(33-27(35)12(2)38-26-22(31)20(29)19(28)21(30)23(26)32)5-7-18(15)39-25(11)24(34)16-10-14(36-3)6-8-17(16)37-4/h5-10,12H,1-4H3,(H,33,35). The van der Waals surface area contributed by atoms with Crippen molar-refractivity contribution in [3.05, 3.63) is 82.4 Å². The summed E-state index contributed by atoms with van der Waals surface area (Å²) in [5.74, 6) is -13.4. The molecule has 1 heterocycles. The number of ether oxygens (including phenoxy) is 3. The maximum Gasteiger partial charge on any atom is 0.265 e. The van der Waals surface area contributed by atoms with Crippen molar-refractivity contribution in [1.82, 2.24) is 0 Å². The molecule has 0 aliphatic heterocycles. The van der Waals surface area contributed by atoms with Crippen LogP contribution in [0.15, 0.2) is 40.8 Å². The van der Waals surface area contributed by atoms with Crippen molar-refractivity contribution in [3.8, 4) is 17.2 Å². The number of ketones is 1. The number of anilines is 1. The Kier molecular flexibility index (Phi) is 7.48. The van der Waals surface area contributed by atoms with Crippen LogP contribution in [0.2, 0.25) is 0 Å². The Hall–Kier alpha value is -4.61. The molecule has 39 heavy (non-hydrogen) atoms.